The summed E-state index contributed by atoms with van der Waals surface area (Å²) in [5.41, 5.74) is 0.949. The highest BCUT2D eigenvalue weighted by molar-refractivity contribution is 7.89. The number of hydrogen-bond acceptors (Lipinski definition) is 3. The number of fused-ring (bicyclic) bond motifs is 2. The van der Waals surface area contributed by atoms with Gasteiger partial charge in [0.05, 0.1) is 4.90 Å². The molecule has 116 valence electrons. The predicted molar refractivity (Wildman–Crippen MR) is 81.4 cm³/mol. The van der Waals surface area contributed by atoms with Gasteiger partial charge >= 0.3 is 0 Å². The Labute approximate surface area is 126 Å². The summed E-state index contributed by atoms with van der Waals surface area (Å²) in [5.74, 6) is 2.08. The number of aliphatic hydroxyl groups is 1. The fraction of sp³-hybridized carbons (Fsp3) is 0.625. The second-order valence-electron chi connectivity index (χ2n) is 6.40. The third-order valence-electron chi connectivity index (χ3n) is 5.05. The van der Waals surface area contributed by atoms with E-state index in [1.54, 1.807) is 24.3 Å². The molecule has 4 nitrogen and oxygen atoms in total. The molecule has 21 heavy (non-hydrogen) atoms. The third-order valence-corrected chi connectivity index (χ3v) is 6.49. The highest BCUT2D eigenvalue weighted by atomic mass is 32.2. The first-order chi connectivity index (χ1) is 10.1. The Bertz CT molecular complexity index is 582. The molecule has 0 amide bonds. The van der Waals surface area contributed by atoms with E-state index in [1.165, 1.54) is 25.7 Å². The molecule has 1 aromatic rings. The molecule has 2 bridgehead atoms. The van der Waals surface area contributed by atoms with Crippen molar-refractivity contribution in [1.82, 2.24) is 4.72 Å². The SMILES string of the molecule is O=S(=O)(NCC1CC2CCC1C2)c1ccc(CCO)cc1. The molecule has 3 rings (SSSR count). The van der Waals surface area contributed by atoms with Crippen LogP contribution in [0.4, 0.5) is 0 Å². The topological polar surface area (TPSA) is 66.4 Å². The Morgan fingerprint density at radius 2 is 1.90 bits per heavy atom. The summed E-state index contributed by atoms with van der Waals surface area (Å²) < 4.78 is 27.4. The van der Waals surface area contributed by atoms with Crippen LogP contribution in [0.2, 0.25) is 0 Å². The van der Waals surface area contributed by atoms with Crippen molar-refractivity contribution in [2.24, 2.45) is 17.8 Å². The van der Waals surface area contributed by atoms with E-state index in [0.29, 0.717) is 23.8 Å². The molecule has 0 aromatic heterocycles. The lowest BCUT2D eigenvalue weighted by Gasteiger charge is -2.21. The van der Waals surface area contributed by atoms with Gasteiger partial charge < -0.3 is 5.11 Å². The van der Waals surface area contributed by atoms with Crippen LogP contribution in [0.1, 0.15) is 31.2 Å². The number of sulfonamides is 1. The maximum Gasteiger partial charge on any atom is 0.240 e. The van der Waals surface area contributed by atoms with Crippen molar-refractivity contribution >= 4 is 10.0 Å². The summed E-state index contributed by atoms with van der Waals surface area (Å²) in [6, 6.07) is 6.77. The van der Waals surface area contributed by atoms with Gasteiger partial charge in [-0.1, -0.05) is 18.6 Å². The highest BCUT2D eigenvalue weighted by Crippen LogP contribution is 2.48. The van der Waals surface area contributed by atoms with E-state index in [0.717, 1.165) is 17.4 Å². The Hall–Kier alpha value is -0.910. The van der Waals surface area contributed by atoms with Crippen molar-refractivity contribution in [1.29, 1.82) is 0 Å². The molecule has 2 N–H and O–H groups in total. The highest BCUT2D eigenvalue weighted by Gasteiger charge is 2.39. The second-order valence-corrected chi connectivity index (χ2v) is 8.17. The maximum atomic E-state index is 12.3. The molecule has 2 saturated carbocycles. The first kappa shape index (κ1) is 15.0. The molecule has 1 aromatic carbocycles. The minimum absolute atomic E-state index is 0.0780. The first-order valence-corrected chi connectivity index (χ1v) is 9.26. The second kappa shape index (κ2) is 6.07. The zero-order valence-electron chi connectivity index (χ0n) is 12.2. The molecule has 2 aliphatic rings. The van der Waals surface area contributed by atoms with E-state index in [1.807, 2.05) is 0 Å². The van der Waals surface area contributed by atoms with Crippen LogP contribution < -0.4 is 4.72 Å². The lowest BCUT2D eigenvalue weighted by Crippen LogP contribution is -2.31. The summed E-state index contributed by atoms with van der Waals surface area (Å²) >= 11 is 0. The Kier molecular flexibility index (Phi) is 4.33. The molecule has 2 aliphatic carbocycles. The van der Waals surface area contributed by atoms with E-state index in [-0.39, 0.29) is 6.61 Å². The number of benzene rings is 1. The van der Waals surface area contributed by atoms with E-state index >= 15 is 0 Å². The average molecular weight is 309 g/mol. The fourth-order valence-electron chi connectivity index (χ4n) is 3.89. The normalized spacial score (nSPS) is 28.1. The van der Waals surface area contributed by atoms with Gasteiger partial charge in [-0.2, -0.15) is 0 Å². The van der Waals surface area contributed by atoms with Crippen LogP contribution in [-0.2, 0) is 16.4 Å². The smallest absolute Gasteiger partial charge is 0.240 e. The molecular weight excluding hydrogens is 286 g/mol. The van der Waals surface area contributed by atoms with Crippen molar-refractivity contribution in [3.63, 3.8) is 0 Å². The molecule has 0 heterocycles. The van der Waals surface area contributed by atoms with E-state index in [4.69, 9.17) is 5.11 Å². The maximum absolute atomic E-state index is 12.3. The van der Waals surface area contributed by atoms with Gasteiger partial charge in [0.1, 0.15) is 0 Å². The number of nitrogens with one attached hydrogen (secondary N) is 1. The monoisotopic (exact) mass is 309 g/mol. The Morgan fingerprint density at radius 3 is 2.48 bits per heavy atom. The van der Waals surface area contributed by atoms with Crippen LogP contribution >= 0.6 is 0 Å². The van der Waals surface area contributed by atoms with Crippen molar-refractivity contribution in [2.45, 2.75) is 37.0 Å². The summed E-state index contributed by atoms with van der Waals surface area (Å²) in [4.78, 5) is 0.312. The quantitative estimate of drug-likeness (QED) is 0.844. The van der Waals surface area contributed by atoms with Crippen LogP contribution in [0.5, 0.6) is 0 Å². The minimum atomic E-state index is -3.41. The van der Waals surface area contributed by atoms with E-state index in [2.05, 4.69) is 4.72 Å². The molecular formula is C16H23NO3S. The van der Waals surface area contributed by atoms with Crippen molar-refractivity contribution in [3.8, 4) is 0 Å². The Morgan fingerprint density at radius 1 is 1.14 bits per heavy atom. The largest absolute Gasteiger partial charge is 0.396 e. The lowest BCUT2D eigenvalue weighted by molar-refractivity contribution is 0.299. The van der Waals surface area contributed by atoms with Crippen LogP contribution in [0.3, 0.4) is 0 Å². The summed E-state index contributed by atoms with van der Waals surface area (Å²) in [7, 11) is -3.41. The standard InChI is InChI=1S/C16H23NO3S/c18-8-7-12-2-5-16(6-3-12)21(19,20)17-11-15-10-13-1-4-14(15)9-13/h2-3,5-6,13-15,17-18H,1,4,7-11H2. The summed E-state index contributed by atoms with van der Waals surface area (Å²) in [6.07, 6.45) is 5.64. The number of rotatable bonds is 6. The van der Waals surface area contributed by atoms with Gasteiger partial charge in [-0.15, -0.1) is 0 Å². The van der Waals surface area contributed by atoms with Crippen LogP contribution in [0, 0.1) is 17.8 Å². The lowest BCUT2D eigenvalue weighted by atomic mass is 9.89. The van der Waals surface area contributed by atoms with Crippen LogP contribution in [0.25, 0.3) is 0 Å². The molecule has 3 atom stereocenters. The third kappa shape index (κ3) is 3.30. The van der Waals surface area contributed by atoms with Gasteiger partial charge in [0.15, 0.2) is 0 Å². The van der Waals surface area contributed by atoms with Gasteiger partial charge in [0.2, 0.25) is 10.0 Å². The summed E-state index contributed by atoms with van der Waals surface area (Å²) in [5, 5.41) is 8.88. The van der Waals surface area contributed by atoms with E-state index in [9.17, 15) is 8.42 Å². The van der Waals surface area contributed by atoms with Gasteiger partial charge in [-0.05, 0) is 61.1 Å². The van der Waals surface area contributed by atoms with Crippen LogP contribution in [0.15, 0.2) is 29.2 Å². The number of hydrogen-bond donors (Lipinski definition) is 2. The van der Waals surface area contributed by atoms with Crippen molar-refractivity contribution < 1.29 is 13.5 Å². The zero-order chi connectivity index (χ0) is 14.9. The molecule has 5 heteroatoms. The van der Waals surface area contributed by atoms with Crippen molar-refractivity contribution in [3.05, 3.63) is 29.8 Å². The predicted octanol–water partition coefficient (Wildman–Crippen LogP) is 1.94. The molecule has 0 aliphatic heterocycles. The molecule has 0 radical (unpaired) electrons. The van der Waals surface area contributed by atoms with Gasteiger partial charge in [0.25, 0.3) is 0 Å². The molecule has 0 spiro atoms. The van der Waals surface area contributed by atoms with Crippen molar-refractivity contribution in [2.75, 3.05) is 13.2 Å². The number of aliphatic hydroxyl groups excluding tert-OH is 1. The van der Waals surface area contributed by atoms with Gasteiger partial charge in [0, 0.05) is 13.2 Å². The van der Waals surface area contributed by atoms with E-state index < -0.39 is 10.0 Å². The zero-order valence-corrected chi connectivity index (χ0v) is 13.0. The van der Waals surface area contributed by atoms with Crippen LogP contribution in [-0.4, -0.2) is 26.7 Å². The summed E-state index contributed by atoms with van der Waals surface area (Å²) in [6.45, 7) is 0.649. The van der Waals surface area contributed by atoms with Gasteiger partial charge in [-0.3, -0.25) is 0 Å². The van der Waals surface area contributed by atoms with Gasteiger partial charge in [-0.25, -0.2) is 13.1 Å². The fourth-order valence-corrected chi connectivity index (χ4v) is 4.99. The first-order valence-electron chi connectivity index (χ1n) is 7.78. The minimum Gasteiger partial charge on any atom is -0.396 e. The molecule has 2 fully saturated rings. The average Bonchev–Trinajstić information content (AvgIpc) is 3.09. The Balaban J connectivity index is 1.61. The molecule has 0 saturated heterocycles. The molecule has 3 unspecified atom stereocenters.